The number of carbonyl (C=O) groups is 1. The van der Waals surface area contributed by atoms with Gasteiger partial charge in [-0.25, -0.2) is 0 Å². The molecule has 154 valence electrons. The fourth-order valence-electron chi connectivity index (χ4n) is 3.41. The highest BCUT2D eigenvalue weighted by atomic mass is 32.2. The lowest BCUT2D eigenvalue weighted by molar-refractivity contribution is -0.140. The van der Waals surface area contributed by atoms with E-state index in [-0.39, 0.29) is 10.9 Å². The SMILES string of the molecule is CCCCCCc1c(C)ccc(S(=O)(=O)O)c1CCCCCCC(=O)OC. The summed E-state index contributed by atoms with van der Waals surface area (Å²) in [4.78, 5) is 11.2. The summed E-state index contributed by atoms with van der Waals surface area (Å²) >= 11 is 0. The second-order valence-electron chi connectivity index (χ2n) is 7.11. The zero-order valence-corrected chi connectivity index (χ0v) is 17.7. The fourth-order valence-corrected chi connectivity index (χ4v) is 4.18. The molecule has 1 rings (SSSR count). The molecule has 0 aliphatic heterocycles. The van der Waals surface area contributed by atoms with E-state index in [0.717, 1.165) is 68.1 Å². The standard InChI is InChI=1S/C21H34O5S/c1-4-5-6-9-12-18-17(2)15-16-20(27(23,24)25)19(18)13-10-7-8-11-14-21(22)26-3/h15-16H,4-14H2,1-3H3,(H,23,24,25). The van der Waals surface area contributed by atoms with Crippen LogP contribution in [0.5, 0.6) is 0 Å². The zero-order chi connectivity index (χ0) is 20.3. The number of aryl methyl sites for hydroxylation is 1. The Balaban J connectivity index is 2.80. The summed E-state index contributed by atoms with van der Waals surface area (Å²) in [5.74, 6) is -0.197. The normalized spacial score (nSPS) is 11.6. The molecule has 6 heteroatoms. The van der Waals surface area contributed by atoms with Crippen LogP contribution in [-0.4, -0.2) is 26.0 Å². The Kier molecular flexibility index (Phi) is 10.6. The van der Waals surface area contributed by atoms with Crippen LogP contribution in [0.3, 0.4) is 0 Å². The van der Waals surface area contributed by atoms with Gasteiger partial charge in [0, 0.05) is 6.42 Å². The predicted octanol–water partition coefficient (Wildman–Crippen LogP) is 5.03. The van der Waals surface area contributed by atoms with Crippen LogP contribution in [0.15, 0.2) is 17.0 Å². The number of carbonyl (C=O) groups excluding carboxylic acids is 1. The van der Waals surface area contributed by atoms with E-state index in [1.165, 1.54) is 19.6 Å². The number of hydrogen-bond donors (Lipinski definition) is 1. The number of unbranched alkanes of at least 4 members (excludes halogenated alkanes) is 6. The Bertz CT molecular complexity index is 695. The van der Waals surface area contributed by atoms with Gasteiger partial charge in [0.25, 0.3) is 10.1 Å². The summed E-state index contributed by atoms with van der Waals surface area (Å²) in [7, 11) is -2.84. The molecule has 1 N–H and O–H groups in total. The Morgan fingerprint density at radius 2 is 1.56 bits per heavy atom. The Labute approximate surface area is 164 Å². The van der Waals surface area contributed by atoms with E-state index in [0.29, 0.717) is 12.8 Å². The average Bonchev–Trinajstić information content (AvgIpc) is 2.61. The number of hydrogen-bond acceptors (Lipinski definition) is 4. The minimum atomic E-state index is -4.23. The Hall–Kier alpha value is -1.40. The largest absolute Gasteiger partial charge is 0.469 e. The van der Waals surface area contributed by atoms with Gasteiger partial charge in [-0.05, 0) is 61.8 Å². The molecule has 5 nitrogen and oxygen atoms in total. The molecular weight excluding hydrogens is 364 g/mol. The van der Waals surface area contributed by atoms with Crippen molar-refractivity contribution in [2.45, 2.75) is 89.4 Å². The van der Waals surface area contributed by atoms with Crippen LogP contribution in [-0.2, 0) is 32.5 Å². The van der Waals surface area contributed by atoms with Crippen LogP contribution in [0, 0.1) is 6.92 Å². The minimum absolute atomic E-state index is 0.0492. The lowest BCUT2D eigenvalue weighted by Crippen LogP contribution is -2.08. The van der Waals surface area contributed by atoms with Crippen LogP contribution >= 0.6 is 0 Å². The van der Waals surface area contributed by atoms with Gasteiger partial charge < -0.3 is 4.74 Å². The third kappa shape index (κ3) is 8.43. The van der Waals surface area contributed by atoms with Crippen molar-refractivity contribution in [2.24, 2.45) is 0 Å². The zero-order valence-electron chi connectivity index (χ0n) is 16.9. The van der Waals surface area contributed by atoms with Crippen molar-refractivity contribution in [1.82, 2.24) is 0 Å². The quantitative estimate of drug-likeness (QED) is 0.286. The van der Waals surface area contributed by atoms with Gasteiger partial charge in [0.05, 0.1) is 12.0 Å². The topological polar surface area (TPSA) is 80.7 Å². The molecule has 0 bridgehead atoms. The number of esters is 1. The van der Waals surface area contributed by atoms with Gasteiger partial charge in [-0.1, -0.05) is 45.1 Å². The number of rotatable bonds is 13. The molecule has 0 aromatic heterocycles. The molecule has 1 aromatic rings. The maximum absolute atomic E-state index is 11.8. The van der Waals surface area contributed by atoms with Crippen LogP contribution in [0.4, 0.5) is 0 Å². The summed E-state index contributed by atoms with van der Waals surface area (Å²) in [6.45, 7) is 4.17. The predicted molar refractivity (Wildman–Crippen MR) is 108 cm³/mol. The smallest absolute Gasteiger partial charge is 0.305 e. The molecule has 0 aliphatic rings. The number of benzene rings is 1. The Morgan fingerprint density at radius 3 is 2.15 bits per heavy atom. The first kappa shape index (κ1) is 23.6. The van der Waals surface area contributed by atoms with E-state index in [1.54, 1.807) is 6.07 Å². The van der Waals surface area contributed by atoms with Gasteiger partial charge in [-0.15, -0.1) is 0 Å². The van der Waals surface area contributed by atoms with E-state index < -0.39 is 10.1 Å². The first-order valence-electron chi connectivity index (χ1n) is 9.96. The van der Waals surface area contributed by atoms with Gasteiger partial charge in [0.1, 0.15) is 0 Å². The molecule has 0 unspecified atom stereocenters. The van der Waals surface area contributed by atoms with Crippen molar-refractivity contribution in [3.63, 3.8) is 0 Å². The average molecular weight is 399 g/mol. The first-order chi connectivity index (χ1) is 12.8. The monoisotopic (exact) mass is 398 g/mol. The van der Waals surface area contributed by atoms with E-state index in [4.69, 9.17) is 0 Å². The van der Waals surface area contributed by atoms with Crippen LogP contribution in [0.25, 0.3) is 0 Å². The molecule has 0 aliphatic carbocycles. The number of ether oxygens (including phenoxy) is 1. The minimum Gasteiger partial charge on any atom is -0.469 e. The van der Waals surface area contributed by atoms with E-state index in [1.807, 2.05) is 6.92 Å². The van der Waals surface area contributed by atoms with Gasteiger partial charge in [0.2, 0.25) is 0 Å². The molecular formula is C21H34O5S. The van der Waals surface area contributed by atoms with Gasteiger partial charge in [0.15, 0.2) is 0 Å². The maximum Gasteiger partial charge on any atom is 0.305 e. The van der Waals surface area contributed by atoms with Gasteiger partial charge >= 0.3 is 5.97 Å². The van der Waals surface area contributed by atoms with E-state index in [9.17, 15) is 17.8 Å². The highest BCUT2D eigenvalue weighted by Crippen LogP contribution is 2.27. The third-order valence-electron chi connectivity index (χ3n) is 4.97. The molecule has 1 aromatic carbocycles. The molecule has 0 radical (unpaired) electrons. The summed E-state index contributed by atoms with van der Waals surface area (Å²) in [6.07, 6.45) is 9.76. The summed E-state index contributed by atoms with van der Waals surface area (Å²) in [5, 5.41) is 0. The molecule has 0 heterocycles. The second-order valence-corrected chi connectivity index (χ2v) is 8.50. The van der Waals surface area contributed by atoms with Gasteiger partial charge in [-0.3, -0.25) is 9.35 Å². The fraction of sp³-hybridized carbons (Fsp3) is 0.667. The highest BCUT2D eigenvalue weighted by molar-refractivity contribution is 7.85. The molecule has 0 fully saturated rings. The summed E-state index contributed by atoms with van der Waals surface area (Å²) < 4.78 is 38.0. The molecule has 0 spiro atoms. The molecule has 0 saturated carbocycles. The first-order valence-corrected chi connectivity index (χ1v) is 11.4. The lowest BCUT2D eigenvalue weighted by Gasteiger charge is -2.16. The van der Waals surface area contributed by atoms with Crippen molar-refractivity contribution in [1.29, 1.82) is 0 Å². The van der Waals surface area contributed by atoms with Crippen molar-refractivity contribution < 1.29 is 22.5 Å². The van der Waals surface area contributed by atoms with Crippen LogP contribution in [0.1, 0.15) is 81.4 Å². The number of methoxy groups -OCH3 is 1. The molecule has 27 heavy (non-hydrogen) atoms. The third-order valence-corrected chi connectivity index (χ3v) is 5.90. The lowest BCUT2D eigenvalue weighted by atomic mass is 9.93. The van der Waals surface area contributed by atoms with Crippen LogP contribution in [0.2, 0.25) is 0 Å². The van der Waals surface area contributed by atoms with Crippen molar-refractivity contribution in [3.05, 3.63) is 28.8 Å². The second kappa shape index (κ2) is 12.1. The van der Waals surface area contributed by atoms with E-state index in [2.05, 4.69) is 11.7 Å². The van der Waals surface area contributed by atoms with Crippen molar-refractivity contribution >= 4 is 16.1 Å². The van der Waals surface area contributed by atoms with Crippen molar-refractivity contribution in [2.75, 3.05) is 7.11 Å². The Morgan fingerprint density at radius 1 is 0.963 bits per heavy atom. The van der Waals surface area contributed by atoms with Crippen molar-refractivity contribution in [3.8, 4) is 0 Å². The van der Waals surface area contributed by atoms with Crippen LogP contribution < -0.4 is 0 Å². The molecule has 0 saturated heterocycles. The van der Waals surface area contributed by atoms with Gasteiger partial charge in [-0.2, -0.15) is 8.42 Å². The highest BCUT2D eigenvalue weighted by Gasteiger charge is 2.19. The maximum atomic E-state index is 11.8. The van der Waals surface area contributed by atoms with E-state index >= 15 is 0 Å². The molecule has 0 amide bonds. The summed E-state index contributed by atoms with van der Waals surface area (Å²) in [6, 6.07) is 3.31. The summed E-state index contributed by atoms with van der Waals surface area (Å²) in [5.41, 5.74) is 2.91. The molecule has 0 atom stereocenters.